The van der Waals surface area contributed by atoms with Crippen LogP contribution in [0.4, 0.5) is 14.5 Å². The van der Waals surface area contributed by atoms with Crippen LogP contribution in [-0.4, -0.2) is 52.8 Å². The highest BCUT2D eigenvalue weighted by molar-refractivity contribution is 6.34. The van der Waals surface area contributed by atoms with Crippen LogP contribution in [0.3, 0.4) is 0 Å². The number of anilines is 1. The predicted octanol–water partition coefficient (Wildman–Crippen LogP) is 5.22. The molecule has 8 heteroatoms. The second-order valence-corrected chi connectivity index (χ2v) is 9.21. The van der Waals surface area contributed by atoms with E-state index in [9.17, 15) is 9.50 Å². The molecule has 1 aromatic heterocycles. The lowest BCUT2D eigenvalue weighted by atomic mass is 9.98. The molecular weight excluding hydrogens is 436 g/mol. The molecule has 0 spiro atoms. The third-order valence-electron chi connectivity index (χ3n) is 6.50. The van der Waals surface area contributed by atoms with Crippen molar-refractivity contribution in [1.29, 1.82) is 0 Å². The Morgan fingerprint density at radius 2 is 2.00 bits per heavy atom. The van der Waals surface area contributed by atoms with Crippen LogP contribution in [-0.2, 0) is 0 Å². The Morgan fingerprint density at radius 3 is 2.72 bits per heavy atom. The van der Waals surface area contributed by atoms with Crippen molar-refractivity contribution in [1.82, 2.24) is 9.88 Å². The number of fused-ring (bicyclic) bond motifs is 5. The number of phenols is 1. The molecule has 0 amide bonds. The molecule has 3 heterocycles. The molecule has 32 heavy (non-hydrogen) atoms. The number of phenolic OH excluding ortho intramolecular Hbond substituents is 1. The van der Waals surface area contributed by atoms with E-state index in [1.165, 1.54) is 18.3 Å². The van der Waals surface area contributed by atoms with Crippen molar-refractivity contribution >= 4 is 28.2 Å². The standard InChI is InChI=1S/C24H24ClF2N3O2/c1-12(2)29-10-14-11-32-19-8-28-23-15(24(19)30(14)9-13(29)3)7-16(25)20(22(23)27)21-17(26)5-4-6-18(21)31/h4-8,12-14,31H,9-11H2,1-3H3/t13-,14-/m1/s1. The lowest BCUT2D eigenvalue weighted by Gasteiger charge is -2.50. The number of aromatic hydroxyl groups is 1. The van der Waals surface area contributed by atoms with Crippen LogP contribution < -0.4 is 9.64 Å². The molecule has 0 aliphatic carbocycles. The molecule has 0 bridgehead atoms. The molecule has 0 unspecified atom stereocenters. The zero-order chi connectivity index (χ0) is 22.7. The molecule has 2 aromatic carbocycles. The lowest BCUT2D eigenvalue weighted by molar-refractivity contribution is 0.0993. The molecule has 2 aliphatic rings. The molecule has 1 saturated heterocycles. The van der Waals surface area contributed by atoms with Crippen LogP contribution in [0.5, 0.6) is 11.5 Å². The van der Waals surface area contributed by atoms with E-state index < -0.39 is 11.6 Å². The van der Waals surface area contributed by atoms with Crippen LogP contribution in [0.1, 0.15) is 20.8 Å². The molecule has 5 rings (SSSR count). The van der Waals surface area contributed by atoms with Crippen molar-refractivity contribution in [2.75, 3.05) is 24.6 Å². The van der Waals surface area contributed by atoms with E-state index in [2.05, 4.69) is 35.6 Å². The lowest BCUT2D eigenvalue weighted by Crippen LogP contribution is -2.62. The van der Waals surface area contributed by atoms with Crippen molar-refractivity contribution in [2.45, 2.75) is 38.9 Å². The van der Waals surface area contributed by atoms with Gasteiger partial charge in [-0.15, -0.1) is 0 Å². The number of pyridine rings is 1. The van der Waals surface area contributed by atoms with E-state index in [0.29, 0.717) is 29.8 Å². The Hall–Kier alpha value is -2.64. The smallest absolute Gasteiger partial charge is 0.161 e. The summed E-state index contributed by atoms with van der Waals surface area (Å²) in [6.07, 6.45) is 1.51. The molecule has 3 aromatic rings. The van der Waals surface area contributed by atoms with Gasteiger partial charge in [-0.25, -0.2) is 13.8 Å². The zero-order valence-corrected chi connectivity index (χ0v) is 18.8. The number of rotatable bonds is 2. The van der Waals surface area contributed by atoms with Crippen LogP contribution in [0.15, 0.2) is 30.5 Å². The van der Waals surface area contributed by atoms with Gasteiger partial charge in [0.25, 0.3) is 0 Å². The highest BCUT2D eigenvalue weighted by Crippen LogP contribution is 2.46. The van der Waals surface area contributed by atoms with Crippen LogP contribution in [0, 0.1) is 11.6 Å². The average Bonchev–Trinajstić information content (AvgIpc) is 2.74. The highest BCUT2D eigenvalue weighted by atomic mass is 35.5. The number of hydrogen-bond acceptors (Lipinski definition) is 5. The van der Waals surface area contributed by atoms with Crippen molar-refractivity contribution < 1.29 is 18.6 Å². The molecule has 2 aliphatic heterocycles. The minimum absolute atomic E-state index is 0.00147. The van der Waals surface area contributed by atoms with Crippen molar-refractivity contribution in [3.05, 3.63) is 47.1 Å². The van der Waals surface area contributed by atoms with Gasteiger partial charge >= 0.3 is 0 Å². The maximum atomic E-state index is 15.7. The van der Waals surface area contributed by atoms with E-state index in [-0.39, 0.29) is 33.5 Å². The summed E-state index contributed by atoms with van der Waals surface area (Å²) in [7, 11) is 0. The van der Waals surface area contributed by atoms with Gasteiger partial charge in [0, 0.05) is 36.1 Å². The van der Waals surface area contributed by atoms with Crippen LogP contribution in [0.25, 0.3) is 22.0 Å². The van der Waals surface area contributed by atoms with Crippen molar-refractivity contribution in [3.8, 4) is 22.6 Å². The highest BCUT2D eigenvalue weighted by Gasteiger charge is 2.38. The first-order valence-electron chi connectivity index (χ1n) is 10.7. The summed E-state index contributed by atoms with van der Waals surface area (Å²) in [6.45, 7) is 8.65. The minimum Gasteiger partial charge on any atom is -0.507 e. The molecule has 1 N–H and O–H groups in total. The zero-order valence-electron chi connectivity index (χ0n) is 18.1. The van der Waals surface area contributed by atoms with Gasteiger partial charge in [0.05, 0.1) is 28.5 Å². The number of piperazine rings is 1. The SMILES string of the molecule is CC(C)N1C[C@@H]2COc3cnc4c(F)c(-c5c(O)cccc5F)c(Cl)cc4c3N2C[C@H]1C. The maximum absolute atomic E-state index is 15.7. The number of benzene rings is 2. The molecule has 1 fully saturated rings. The van der Waals surface area contributed by atoms with Gasteiger partial charge in [0.15, 0.2) is 11.6 Å². The topological polar surface area (TPSA) is 48.8 Å². The van der Waals surface area contributed by atoms with Crippen molar-refractivity contribution in [2.24, 2.45) is 0 Å². The van der Waals surface area contributed by atoms with E-state index in [0.717, 1.165) is 24.8 Å². The number of ether oxygens (including phenoxy) is 1. The fourth-order valence-electron chi connectivity index (χ4n) is 5.01. The van der Waals surface area contributed by atoms with Crippen LogP contribution >= 0.6 is 11.6 Å². The summed E-state index contributed by atoms with van der Waals surface area (Å²) in [5, 5.41) is 10.7. The fourth-order valence-corrected chi connectivity index (χ4v) is 5.29. The predicted molar refractivity (Wildman–Crippen MR) is 122 cm³/mol. The molecule has 0 radical (unpaired) electrons. The first kappa shape index (κ1) is 21.2. The molecule has 2 atom stereocenters. The van der Waals surface area contributed by atoms with Crippen LogP contribution in [0.2, 0.25) is 5.02 Å². The average molecular weight is 460 g/mol. The van der Waals surface area contributed by atoms with Gasteiger partial charge in [-0.1, -0.05) is 17.7 Å². The van der Waals surface area contributed by atoms with Gasteiger partial charge < -0.3 is 14.7 Å². The van der Waals surface area contributed by atoms with E-state index in [4.69, 9.17) is 16.3 Å². The maximum Gasteiger partial charge on any atom is 0.161 e. The normalized spacial score (nSPS) is 20.9. The largest absolute Gasteiger partial charge is 0.507 e. The van der Waals surface area contributed by atoms with E-state index >= 15 is 4.39 Å². The van der Waals surface area contributed by atoms with Gasteiger partial charge in [-0.2, -0.15) is 0 Å². The second-order valence-electron chi connectivity index (χ2n) is 8.81. The van der Waals surface area contributed by atoms with E-state index in [1.54, 1.807) is 6.07 Å². The number of nitrogens with zero attached hydrogens (tertiary/aromatic N) is 3. The number of hydrogen-bond donors (Lipinski definition) is 1. The summed E-state index contributed by atoms with van der Waals surface area (Å²) in [5.41, 5.74) is 0.346. The molecular formula is C24H24ClF2N3O2. The quantitative estimate of drug-likeness (QED) is 0.569. The molecule has 0 saturated carbocycles. The first-order chi connectivity index (χ1) is 15.3. The second kappa shape index (κ2) is 7.74. The third-order valence-corrected chi connectivity index (χ3v) is 6.80. The summed E-state index contributed by atoms with van der Waals surface area (Å²) in [6, 6.07) is 6.23. The summed E-state index contributed by atoms with van der Waals surface area (Å²) in [4.78, 5) is 8.97. The van der Waals surface area contributed by atoms with Gasteiger partial charge in [0.1, 0.15) is 23.7 Å². The Labute approximate surface area is 190 Å². The summed E-state index contributed by atoms with van der Waals surface area (Å²) >= 11 is 6.48. The van der Waals surface area contributed by atoms with Gasteiger partial charge in [-0.05, 0) is 39.0 Å². The Kier molecular flexibility index (Phi) is 5.13. The number of halogens is 3. The Balaban J connectivity index is 1.69. The Morgan fingerprint density at radius 1 is 1.22 bits per heavy atom. The molecule has 5 nitrogen and oxygen atoms in total. The van der Waals surface area contributed by atoms with E-state index in [1.807, 2.05) is 0 Å². The Bertz CT molecular complexity index is 1200. The van der Waals surface area contributed by atoms with Gasteiger partial charge in [0.2, 0.25) is 0 Å². The number of aromatic nitrogens is 1. The van der Waals surface area contributed by atoms with Crippen molar-refractivity contribution in [3.63, 3.8) is 0 Å². The minimum atomic E-state index is -0.772. The molecule has 168 valence electrons. The third kappa shape index (κ3) is 3.18. The summed E-state index contributed by atoms with van der Waals surface area (Å²) in [5.74, 6) is -1.34. The monoisotopic (exact) mass is 459 g/mol. The fraction of sp³-hybridized carbons (Fsp3) is 0.375. The van der Waals surface area contributed by atoms with Gasteiger partial charge in [-0.3, -0.25) is 4.90 Å². The summed E-state index contributed by atoms with van der Waals surface area (Å²) < 4.78 is 36.2. The first-order valence-corrected chi connectivity index (χ1v) is 11.1.